The van der Waals surface area contributed by atoms with E-state index in [1.165, 1.54) is 16.7 Å². The van der Waals surface area contributed by atoms with E-state index in [0.29, 0.717) is 12.2 Å². The van der Waals surface area contributed by atoms with Crippen molar-refractivity contribution in [2.45, 2.75) is 50.8 Å². The number of hydrogen-bond acceptors (Lipinski definition) is 8. The molecule has 280 valence electrons. The minimum Gasteiger partial charge on any atom is -0.475 e. The Bertz CT molecular complexity index is 1320. The molecule has 0 unspecified atom stereocenters. The first-order valence-electron chi connectivity index (χ1n) is 14.7. The van der Waals surface area contributed by atoms with Gasteiger partial charge in [0.15, 0.2) is 5.78 Å². The number of Topliss-reactive ketones (excluding diaryl/α,β-unsaturated/α-hetero) is 1. The van der Waals surface area contributed by atoms with Gasteiger partial charge in [-0.1, -0.05) is 12.1 Å². The van der Waals surface area contributed by atoms with Crippen molar-refractivity contribution in [1.82, 2.24) is 20.1 Å². The molecule has 0 bridgehead atoms. The smallest absolute Gasteiger partial charge is 0.475 e. The van der Waals surface area contributed by atoms with Crippen molar-refractivity contribution in [2.24, 2.45) is 0 Å². The van der Waals surface area contributed by atoms with Gasteiger partial charge in [0.2, 0.25) is 0 Å². The second kappa shape index (κ2) is 20.4. The summed E-state index contributed by atoms with van der Waals surface area (Å²) in [5.41, 5.74) is 4.98. The Labute approximate surface area is 279 Å². The minimum atomic E-state index is -5.08. The number of aromatic nitrogens is 1. The number of carboxylic acid groups (broad SMARTS) is 3. The third-order valence-electron chi connectivity index (χ3n) is 6.90. The highest BCUT2D eigenvalue weighted by Gasteiger charge is 2.39. The predicted molar refractivity (Wildman–Crippen MR) is 157 cm³/mol. The number of alkyl halides is 9. The first kappa shape index (κ1) is 43.7. The van der Waals surface area contributed by atoms with Crippen molar-refractivity contribution >= 4 is 23.7 Å². The standard InChI is InChI=1S/C24H32N4O.3C2HF3O2/c29-24(23-4-3-21-7-11-26-12-8-22(21)18-23)2-1-13-27-14-16-28(17-15-27)19-20-5-9-25-10-6-20;3*3-2(4,5)1(6)7/h3-6,9-10,18,26H,1-2,7-8,11-17,19H2;3*(H,6,7). The van der Waals surface area contributed by atoms with Gasteiger partial charge >= 0.3 is 36.4 Å². The molecule has 0 saturated carbocycles. The molecule has 20 heteroatoms. The molecule has 1 saturated heterocycles. The number of hydrogen-bond donors (Lipinski definition) is 4. The lowest BCUT2D eigenvalue weighted by molar-refractivity contribution is -0.193. The van der Waals surface area contributed by atoms with E-state index in [2.05, 4.69) is 44.4 Å². The van der Waals surface area contributed by atoms with E-state index in [-0.39, 0.29) is 0 Å². The van der Waals surface area contributed by atoms with Crippen LogP contribution in [0.1, 0.15) is 39.9 Å². The Morgan fingerprint density at radius 3 is 1.58 bits per heavy atom. The van der Waals surface area contributed by atoms with E-state index in [1.807, 2.05) is 18.5 Å². The van der Waals surface area contributed by atoms with E-state index >= 15 is 0 Å². The molecule has 2 aliphatic heterocycles. The Hall–Kier alpha value is -4.30. The van der Waals surface area contributed by atoms with E-state index in [0.717, 1.165) is 77.2 Å². The van der Waals surface area contributed by atoms with Crippen LogP contribution in [0.5, 0.6) is 0 Å². The summed E-state index contributed by atoms with van der Waals surface area (Å²) in [6.07, 6.45) is -7.83. The first-order chi connectivity index (χ1) is 23.1. The third-order valence-corrected chi connectivity index (χ3v) is 6.90. The number of carbonyl (C=O) groups excluding carboxylic acids is 1. The average Bonchev–Trinajstić information content (AvgIpc) is 3.27. The summed E-state index contributed by atoms with van der Waals surface area (Å²) in [6, 6.07) is 10.5. The number of nitrogens with zero attached hydrogens (tertiary/aromatic N) is 3. The van der Waals surface area contributed by atoms with Crippen molar-refractivity contribution in [3.05, 3.63) is 65.0 Å². The largest absolute Gasteiger partial charge is 0.490 e. The number of rotatable bonds is 7. The quantitative estimate of drug-likeness (QED) is 0.235. The third kappa shape index (κ3) is 17.9. The summed E-state index contributed by atoms with van der Waals surface area (Å²) in [6.45, 7) is 8.43. The van der Waals surface area contributed by atoms with E-state index in [1.54, 1.807) is 0 Å². The number of benzene rings is 1. The van der Waals surface area contributed by atoms with E-state index in [4.69, 9.17) is 29.7 Å². The molecule has 0 spiro atoms. The number of carboxylic acids is 3. The number of fused-ring (bicyclic) bond motifs is 1. The minimum absolute atomic E-state index is 0.293. The Morgan fingerprint density at radius 2 is 1.12 bits per heavy atom. The fourth-order valence-electron chi connectivity index (χ4n) is 4.37. The topological polar surface area (TPSA) is 160 Å². The van der Waals surface area contributed by atoms with Gasteiger partial charge in [0.05, 0.1) is 0 Å². The van der Waals surface area contributed by atoms with Crippen molar-refractivity contribution < 1.29 is 74.0 Å². The molecule has 1 aromatic carbocycles. The van der Waals surface area contributed by atoms with Crippen LogP contribution >= 0.6 is 0 Å². The molecule has 4 N–H and O–H groups in total. The van der Waals surface area contributed by atoms with Crippen molar-refractivity contribution in [3.8, 4) is 0 Å². The second-order valence-electron chi connectivity index (χ2n) is 10.6. The summed E-state index contributed by atoms with van der Waals surface area (Å²) in [5.74, 6) is -7.98. The maximum absolute atomic E-state index is 12.7. The molecule has 1 fully saturated rings. The van der Waals surface area contributed by atoms with Crippen LogP contribution in [0.4, 0.5) is 39.5 Å². The van der Waals surface area contributed by atoms with Gasteiger partial charge < -0.3 is 25.5 Å². The van der Waals surface area contributed by atoms with Crippen molar-refractivity contribution in [3.63, 3.8) is 0 Å². The zero-order chi connectivity index (χ0) is 38.1. The second-order valence-corrected chi connectivity index (χ2v) is 10.6. The number of aliphatic carboxylic acids is 3. The summed E-state index contributed by atoms with van der Waals surface area (Å²) in [5, 5.41) is 24.8. The van der Waals surface area contributed by atoms with Gasteiger partial charge in [-0.05, 0) is 73.8 Å². The van der Waals surface area contributed by atoms with Crippen LogP contribution in [0.15, 0.2) is 42.7 Å². The van der Waals surface area contributed by atoms with E-state index in [9.17, 15) is 44.3 Å². The molecule has 0 radical (unpaired) electrons. The van der Waals surface area contributed by atoms with Gasteiger partial charge in [-0.3, -0.25) is 14.7 Å². The van der Waals surface area contributed by atoms with Gasteiger partial charge in [0.25, 0.3) is 0 Å². The van der Waals surface area contributed by atoms with Crippen molar-refractivity contribution in [1.29, 1.82) is 0 Å². The Morgan fingerprint density at radius 1 is 0.680 bits per heavy atom. The zero-order valence-electron chi connectivity index (χ0n) is 26.2. The molecule has 1 aromatic heterocycles. The average molecular weight is 735 g/mol. The summed E-state index contributed by atoms with van der Waals surface area (Å²) in [4.78, 5) is 48.4. The summed E-state index contributed by atoms with van der Waals surface area (Å²) >= 11 is 0. The molecule has 0 atom stereocenters. The lowest BCUT2D eigenvalue weighted by atomic mass is 9.97. The maximum Gasteiger partial charge on any atom is 0.490 e. The lowest BCUT2D eigenvalue weighted by Gasteiger charge is -2.34. The molecule has 50 heavy (non-hydrogen) atoms. The van der Waals surface area contributed by atoms with E-state index < -0.39 is 36.4 Å². The number of ketones is 1. The van der Waals surface area contributed by atoms with Crippen LogP contribution in [-0.2, 0) is 33.8 Å². The van der Waals surface area contributed by atoms with Crippen LogP contribution in [-0.4, -0.2) is 118 Å². The maximum atomic E-state index is 12.7. The highest BCUT2D eigenvalue weighted by molar-refractivity contribution is 5.96. The molecular formula is C30H35F9N4O7. The first-order valence-corrected chi connectivity index (χ1v) is 14.7. The van der Waals surface area contributed by atoms with Crippen molar-refractivity contribution in [2.75, 3.05) is 45.8 Å². The number of halogens is 9. The highest BCUT2D eigenvalue weighted by Crippen LogP contribution is 2.18. The molecule has 0 amide bonds. The normalized spacial score (nSPS) is 15.3. The zero-order valence-corrected chi connectivity index (χ0v) is 26.2. The highest BCUT2D eigenvalue weighted by atomic mass is 19.4. The van der Waals surface area contributed by atoms with Gasteiger partial charge in [0.1, 0.15) is 0 Å². The number of piperazine rings is 1. The Kier molecular flexibility index (Phi) is 17.8. The predicted octanol–water partition coefficient (Wildman–Crippen LogP) is 4.45. The van der Waals surface area contributed by atoms with Crippen LogP contribution in [0.3, 0.4) is 0 Å². The van der Waals surface area contributed by atoms with Crippen LogP contribution in [0, 0.1) is 0 Å². The van der Waals surface area contributed by atoms with Crippen LogP contribution in [0.25, 0.3) is 0 Å². The van der Waals surface area contributed by atoms with Gasteiger partial charge in [-0.2, -0.15) is 39.5 Å². The fraction of sp³-hybridized carbons (Fsp3) is 0.500. The molecular weight excluding hydrogens is 699 g/mol. The summed E-state index contributed by atoms with van der Waals surface area (Å²) < 4.78 is 95.2. The SMILES string of the molecule is O=C(CCCN1CCN(Cc2ccncc2)CC1)c1ccc2c(c1)CCNCC2.O=C(O)C(F)(F)F.O=C(O)C(F)(F)F.O=C(O)C(F)(F)F. The van der Waals surface area contributed by atoms with Gasteiger partial charge in [-0.15, -0.1) is 0 Å². The molecule has 0 aliphatic carbocycles. The fourth-order valence-corrected chi connectivity index (χ4v) is 4.37. The monoisotopic (exact) mass is 734 g/mol. The lowest BCUT2D eigenvalue weighted by Crippen LogP contribution is -2.46. The van der Waals surface area contributed by atoms with Crippen LogP contribution in [0.2, 0.25) is 0 Å². The molecule has 11 nitrogen and oxygen atoms in total. The van der Waals surface area contributed by atoms with Crippen LogP contribution < -0.4 is 5.32 Å². The summed E-state index contributed by atoms with van der Waals surface area (Å²) in [7, 11) is 0. The number of pyridine rings is 1. The Balaban J connectivity index is 0.000000486. The van der Waals surface area contributed by atoms with Gasteiger partial charge in [0, 0.05) is 57.1 Å². The molecule has 4 rings (SSSR count). The molecule has 3 heterocycles. The van der Waals surface area contributed by atoms with Gasteiger partial charge in [-0.25, -0.2) is 14.4 Å². The molecule has 2 aliphatic rings. The molecule has 2 aromatic rings. The number of nitrogens with one attached hydrogen (secondary N) is 1. The number of carbonyl (C=O) groups is 4.